The summed E-state index contributed by atoms with van der Waals surface area (Å²) in [5.74, 6) is -0.449. The lowest BCUT2D eigenvalue weighted by Gasteiger charge is -2.19. The molecule has 0 atom stereocenters. The highest BCUT2D eigenvalue weighted by atomic mass is 19.4. The number of halogens is 3. The predicted octanol–water partition coefficient (Wildman–Crippen LogP) is 5.97. The van der Waals surface area contributed by atoms with E-state index in [4.69, 9.17) is 4.74 Å². The van der Waals surface area contributed by atoms with Gasteiger partial charge in [0.05, 0.1) is 11.1 Å². The van der Waals surface area contributed by atoms with Crippen molar-refractivity contribution in [3.05, 3.63) is 65.7 Å². The van der Waals surface area contributed by atoms with Gasteiger partial charge in [-0.15, -0.1) is 0 Å². The Hall–Kier alpha value is -2.56. The van der Waals surface area contributed by atoms with Gasteiger partial charge in [0.1, 0.15) is 5.60 Å². The average molecular weight is 348 g/mol. The summed E-state index contributed by atoms with van der Waals surface area (Å²) in [7, 11) is 0. The third-order valence-corrected chi connectivity index (χ3v) is 3.43. The van der Waals surface area contributed by atoms with E-state index >= 15 is 0 Å². The Morgan fingerprint density at radius 2 is 1.64 bits per heavy atom. The van der Waals surface area contributed by atoms with Gasteiger partial charge in [0, 0.05) is 0 Å². The minimum atomic E-state index is -4.41. The number of alkyl halides is 3. The number of rotatable bonds is 3. The fourth-order valence-corrected chi connectivity index (χ4v) is 2.29. The third kappa shape index (κ3) is 4.72. The van der Waals surface area contributed by atoms with Gasteiger partial charge in [-0.05, 0) is 61.7 Å². The van der Waals surface area contributed by atoms with Crippen molar-refractivity contribution in [3.8, 4) is 11.1 Å². The zero-order valence-corrected chi connectivity index (χ0v) is 14.3. The SMILES string of the molecule is C=Cc1cc(C(F)(F)F)ccc1-c1ccc(C(=O)OC(C)(C)C)cc1. The molecule has 2 aromatic carbocycles. The van der Waals surface area contributed by atoms with E-state index in [-0.39, 0.29) is 0 Å². The first-order chi connectivity index (χ1) is 11.5. The van der Waals surface area contributed by atoms with E-state index in [1.807, 2.05) is 0 Å². The number of benzene rings is 2. The van der Waals surface area contributed by atoms with E-state index in [9.17, 15) is 18.0 Å². The largest absolute Gasteiger partial charge is 0.456 e. The Labute approximate surface area is 144 Å². The molecule has 132 valence electrons. The Morgan fingerprint density at radius 3 is 2.12 bits per heavy atom. The van der Waals surface area contributed by atoms with Crippen molar-refractivity contribution in [2.24, 2.45) is 0 Å². The Bertz CT molecular complexity index is 782. The molecule has 25 heavy (non-hydrogen) atoms. The fourth-order valence-electron chi connectivity index (χ4n) is 2.29. The summed E-state index contributed by atoms with van der Waals surface area (Å²) < 4.78 is 43.8. The van der Waals surface area contributed by atoms with Crippen LogP contribution >= 0.6 is 0 Å². The Morgan fingerprint density at radius 1 is 1.04 bits per heavy atom. The maximum atomic E-state index is 12.8. The molecule has 0 heterocycles. The van der Waals surface area contributed by atoms with Crippen LogP contribution in [0.4, 0.5) is 13.2 Å². The third-order valence-electron chi connectivity index (χ3n) is 3.43. The van der Waals surface area contributed by atoms with Crippen molar-refractivity contribution in [2.45, 2.75) is 32.5 Å². The Balaban J connectivity index is 2.34. The Kier molecular flexibility index (Phi) is 5.07. The van der Waals surface area contributed by atoms with Crippen molar-refractivity contribution >= 4 is 12.0 Å². The summed E-state index contributed by atoms with van der Waals surface area (Å²) in [6, 6.07) is 10.0. The second kappa shape index (κ2) is 6.75. The molecular formula is C20H19F3O2. The normalized spacial score (nSPS) is 11.9. The highest BCUT2D eigenvalue weighted by Crippen LogP contribution is 2.34. The molecule has 2 rings (SSSR count). The first kappa shape index (κ1) is 18.8. The summed E-state index contributed by atoms with van der Waals surface area (Å²) in [6.45, 7) is 8.91. The van der Waals surface area contributed by atoms with E-state index in [2.05, 4.69) is 6.58 Å². The van der Waals surface area contributed by atoms with Gasteiger partial charge in [-0.25, -0.2) is 4.79 Å². The fraction of sp³-hybridized carbons (Fsp3) is 0.250. The molecule has 0 fully saturated rings. The van der Waals surface area contributed by atoms with Crippen molar-refractivity contribution in [2.75, 3.05) is 0 Å². The van der Waals surface area contributed by atoms with Gasteiger partial charge < -0.3 is 4.74 Å². The average Bonchev–Trinajstić information content (AvgIpc) is 2.52. The number of carbonyl (C=O) groups is 1. The monoisotopic (exact) mass is 348 g/mol. The van der Waals surface area contributed by atoms with Gasteiger partial charge >= 0.3 is 12.1 Å². The molecule has 0 aromatic heterocycles. The number of esters is 1. The van der Waals surface area contributed by atoms with Gasteiger partial charge in [0.25, 0.3) is 0 Å². The molecule has 0 N–H and O–H groups in total. The van der Waals surface area contributed by atoms with Gasteiger partial charge in [0.2, 0.25) is 0 Å². The van der Waals surface area contributed by atoms with E-state index in [1.165, 1.54) is 12.1 Å². The second-order valence-electron chi connectivity index (χ2n) is 6.58. The lowest BCUT2D eigenvalue weighted by Crippen LogP contribution is -2.23. The van der Waals surface area contributed by atoms with Crippen molar-refractivity contribution < 1.29 is 22.7 Å². The molecule has 0 bridgehead atoms. The molecule has 5 heteroatoms. The van der Waals surface area contributed by atoms with Crippen molar-refractivity contribution in [3.63, 3.8) is 0 Å². The summed E-state index contributed by atoms with van der Waals surface area (Å²) in [4.78, 5) is 12.0. The summed E-state index contributed by atoms with van der Waals surface area (Å²) in [6.07, 6.45) is -3.02. The van der Waals surface area contributed by atoms with Crippen LogP contribution in [0.25, 0.3) is 17.2 Å². The quantitative estimate of drug-likeness (QED) is 0.639. The topological polar surface area (TPSA) is 26.3 Å². The minimum Gasteiger partial charge on any atom is -0.456 e. The van der Waals surface area contributed by atoms with Gasteiger partial charge in [-0.2, -0.15) is 13.2 Å². The zero-order chi connectivity index (χ0) is 18.8. The van der Waals surface area contributed by atoms with Crippen LogP contribution in [-0.4, -0.2) is 11.6 Å². The zero-order valence-electron chi connectivity index (χ0n) is 14.3. The summed E-state index contributed by atoms with van der Waals surface area (Å²) in [5, 5.41) is 0. The van der Waals surface area contributed by atoms with Gasteiger partial charge in [0.15, 0.2) is 0 Å². The molecule has 2 nitrogen and oxygen atoms in total. The molecule has 0 saturated heterocycles. The summed E-state index contributed by atoms with van der Waals surface area (Å²) >= 11 is 0. The van der Waals surface area contributed by atoms with Crippen molar-refractivity contribution in [1.82, 2.24) is 0 Å². The van der Waals surface area contributed by atoms with Crippen LogP contribution in [0.15, 0.2) is 49.0 Å². The van der Waals surface area contributed by atoms with Crippen LogP contribution in [0.3, 0.4) is 0 Å². The number of hydrogen-bond acceptors (Lipinski definition) is 2. The predicted molar refractivity (Wildman–Crippen MR) is 92.1 cm³/mol. The van der Waals surface area contributed by atoms with Crippen LogP contribution in [-0.2, 0) is 10.9 Å². The number of ether oxygens (including phenoxy) is 1. The molecular weight excluding hydrogens is 329 g/mol. The smallest absolute Gasteiger partial charge is 0.416 e. The van der Waals surface area contributed by atoms with Crippen LogP contribution in [0, 0.1) is 0 Å². The van der Waals surface area contributed by atoms with Crippen LogP contribution in [0.5, 0.6) is 0 Å². The molecule has 0 saturated carbocycles. The van der Waals surface area contributed by atoms with Crippen LogP contribution in [0.2, 0.25) is 0 Å². The molecule has 0 aliphatic heterocycles. The molecule has 0 radical (unpaired) electrons. The maximum absolute atomic E-state index is 12.8. The summed E-state index contributed by atoms with van der Waals surface area (Å²) in [5.41, 5.74) is 0.732. The van der Waals surface area contributed by atoms with Crippen LogP contribution in [0.1, 0.15) is 42.3 Å². The van der Waals surface area contributed by atoms with E-state index < -0.39 is 23.3 Å². The molecule has 0 aliphatic rings. The van der Waals surface area contributed by atoms with Crippen molar-refractivity contribution in [1.29, 1.82) is 0 Å². The van der Waals surface area contributed by atoms with Crippen LogP contribution < -0.4 is 0 Å². The molecule has 0 spiro atoms. The van der Waals surface area contributed by atoms with E-state index in [0.29, 0.717) is 22.3 Å². The lowest BCUT2D eigenvalue weighted by molar-refractivity contribution is -0.137. The molecule has 0 amide bonds. The number of hydrogen-bond donors (Lipinski definition) is 0. The second-order valence-corrected chi connectivity index (χ2v) is 6.58. The highest BCUT2D eigenvalue weighted by Gasteiger charge is 2.30. The van der Waals surface area contributed by atoms with E-state index in [0.717, 1.165) is 12.1 Å². The van der Waals surface area contributed by atoms with E-state index in [1.54, 1.807) is 45.0 Å². The first-order valence-corrected chi connectivity index (χ1v) is 7.69. The lowest BCUT2D eigenvalue weighted by atomic mass is 9.96. The van der Waals surface area contributed by atoms with Gasteiger partial charge in [-0.1, -0.05) is 30.9 Å². The highest BCUT2D eigenvalue weighted by molar-refractivity contribution is 5.90. The molecule has 0 unspecified atom stereocenters. The molecule has 2 aromatic rings. The molecule has 0 aliphatic carbocycles. The first-order valence-electron chi connectivity index (χ1n) is 7.69. The maximum Gasteiger partial charge on any atom is 0.416 e. The number of carbonyl (C=O) groups excluding carboxylic acids is 1. The standard InChI is InChI=1S/C20H19F3O2/c1-5-13-12-16(20(21,22)23)10-11-17(13)14-6-8-15(9-7-14)18(24)25-19(2,3)4/h5-12H,1H2,2-4H3. The minimum absolute atomic E-state index is 0.375. The van der Waals surface area contributed by atoms with Gasteiger partial charge in [-0.3, -0.25) is 0 Å².